The molecule has 0 spiro atoms. The van der Waals surface area contributed by atoms with E-state index in [1.54, 1.807) is 6.92 Å². The third-order valence-electron chi connectivity index (χ3n) is 2.05. The van der Waals surface area contributed by atoms with Crippen LogP contribution in [0, 0.1) is 5.92 Å². The van der Waals surface area contributed by atoms with E-state index in [2.05, 4.69) is 4.74 Å². The average Bonchev–Trinajstić information content (AvgIpc) is 2.25. The molecule has 0 rings (SSSR count). The third kappa shape index (κ3) is 5.62. The lowest BCUT2D eigenvalue weighted by molar-refractivity contribution is -0.152. The maximum Gasteiger partial charge on any atom is 0.332 e. The van der Waals surface area contributed by atoms with Gasteiger partial charge in [-0.05, 0) is 12.8 Å². The van der Waals surface area contributed by atoms with E-state index in [1.807, 2.05) is 13.8 Å². The van der Waals surface area contributed by atoms with Gasteiger partial charge in [0.2, 0.25) is 5.91 Å². The number of carbonyl (C=O) groups excluding carboxylic acids is 3. The van der Waals surface area contributed by atoms with Crippen molar-refractivity contribution >= 4 is 17.8 Å². The second kappa shape index (κ2) is 7.65. The van der Waals surface area contributed by atoms with E-state index in [1.165, 1.54) is 4.90 Å². The van der Waals surface area contributed by atoms with Gasteiger partial charge in [0.25, 0.3) is 5.91 Å². The van der Waals surface area contributed by atoms with E-state index >= 15 is 0 Å². The smallest absolute Gasteiger partial charge is 0.332 e. The highest BCUT2D eigenvalue weighted by atomic mass is 16.5. The van der Waals surface area contributed by atoms with Crippen LogP contribution in [0.4, 0.5) is 0 Å². The summed E-state index contributed by atoms with van der Waals surface area (Å²) in [6.45, 7) is 5.54. The van der Waals surface area contributed by atoms with Crippen LogP contribution in [0.5, 0.6) is 0 Å². The molecule has 0 saturated carbocycles. The largest absolute Gasteiger partial charge is 0.464 e. The number of ether oxygens (including phenoxy) is 1. The molecule has 18 heavy (non-hydrogen) atoms. The molecule has 104 valence electrons. The van der Waals surface area contributed by atoms with Crippen molar-refractivity contribution in [3.63, 3.8) is 0 Å². The molecule has 7 nitrogen and oxygen atoms in total. The van der Waals surface area contributed by atoms with Gasteiger partial charge in [0.1, 0.15) is 0 Å². The molecular formula is C11H21N3O4. The fourth-order valence-electron chi connectivity index (χ4n) is 1.39. The Morgan fingerprint density at radius 1 is 1.28 bits per heavy atom. The highest BCUT2D eigenvalue weighted by Gasteiger charge is 2.29. The van der Waals surface area contributed by atoms with Gasteiger partial charge in [-0.3, -0.25) is 9.59 Å². The van der Waals surface area contributed by atoms with E-state index in [-0.39, 0.29) is 19.1 Å². The third-order valence-corrected chi connectivity index (χ3v) is 2.05. The molecule has 0 bridgehead atoms. The topological polar surface area (TPSA) is 116 Å². The quantitative estimate of drug-likeness (QED) is 0.442. The number of primary amides is 1. The molecule has 0 aliphatic rings. The van der Waals surface area contributed by atoms with Crippen molar-refractivity contribution in [3.8, 4) is 0 Å². The van der Waals surface area contributed by atoms with Crippen molar-refractivity contribution < 1.29 is 19.1 Å². The van der Waals surface area contributed by atoms with Crippen LogP contribution >= 0.6 is 0 Å². The second-order valence-electron chi connectivity index (χ2n) is 4.31. The molecule has 0 fully saturated rings. The fourth-order valence-corrected chi connectivity index (χ4v) is 1.39. The number of amides is 2. The van der Waals surface area contributed by atoms with Gasteiger partial charge in [-0.2, -0.15) is 0 Å². The summed E-state index contributed by atoms with van der Waals surface area (Å²) in [6.07, 6.45) is 0. The summed E-state index contributed by atoms with van der Waals surface area (Å²) < 4.78 is 4.66. The van der Waals surface area contributed by atoms with Gasteiger partial charge in [-0.25, -0.2) is 4.79 Å². The molecule has 0 aromatic heterocycles. The van der Waals surface area contributed by atoms with Crippen molar-refractivity contribution in [1.29, 1.82) is 0 Å². The fraction of sp³-hybridized carbons (Fsp3) is 0.727. The van der Waals surface area contributed by atoms with Crippen molar-refractivity contribution in [1.82, 2.24) is 4.90 Å². The van der Waals surface area contributed by atoms with Gasteiger partial charge in [0.05, 0.1) is 13.2 Å². The molecule has 1 unspecified atom stereocenters. The first-order chi connectivity index (χ1) is 8.29. The molecule has 1 atom stereocenters. The summed E-state index contributed by atoms with van der Waals surface area (Å²) in [7, 11) is 0. The van der Waals surface area contributed by atoms with Crippen LogP contribution in [0.15, 0.2) is 0 Å². The summed E-state index contributed by atoms with van der Waals surface area (Å²) in [4.78, 5) is 35.3. The van der Waals surface area contributed by atoms with Crippen molar-refractivity contribution in [3.05, 3.63) is 0 Å². The van der Waals surface area contributed by atoms with Gasteiger partial charge >= 0.3 is 5.97 Å². The molecule has 2 amide bonds. The van der Waals surface area contributed by atoms with Crippen LogP contribution in [0.3, 0.4) is 0 Å². The van der Waals surface area contributed by atoms with Crippen LogP contribution < -0.4 is 11.5 Å². The van der Waals surface area contributed by atoms with Crippen LogP contribution in [-0.2, 0) is 19.1 Å². The minimum Gasteiger partial charge on any atom is -0.464 e. The summed E-state index contributed by atoms with van der Waals surface area (Å²) >= 11 is 0. The molecule has 0 aromatic carbocycles. The Morgan fingerprint density at radius 3 is 2.22 bits per heavy atom. The lowest BCUT2D eigenvalue weighted by atomic mass is 10.2. The monoisotopic (exact) mass is 259 g/mol. The highest BCUT2D eigenvalue weighted by molar-refractivity contribution is 6.02. The molecular weight excluding hydrogens is 238 g/mol. The zero-order valence-corrected chi connectivity index (χ0v) is 11.0. The molecule has 0 heterocycles. The van der Waals surface area contributed by atoms with E-state index < -0.39 is 23.8 Å². The molecule has 0 saturated heterocycles. The number of nitrogens with two attached hydrogens (primary N) is 2. The van der Waals surface area contributed by atoms with E-state index in [4.69, 9.17) is 11.5 Å². The lowest BCUT2D eigenvalue weighted by Crippen LogP contribution is -2.52. The minimum absolute atomic E-state index is 0.127. The van der Waals surface area contributed by atoms with Crippen molar-refractivity contribution in [2.75, 3.05) is 19.7 Å². The van der Waals surface area contributed by atoms with Crippen molar-refractivity contribution in [2.24, 2.45) is 17.4 Å². The Bertz CT molecular complexity index is 317. The summed E-state index contributed by atoms with van der Waals surface area (Å²) in [5.41, 5.74) is 10.5. The number of esters is 1. The first-order valence-electron chi connectivity index (χ1n) is 5.78. The first kappa shape index (κ1) is 16.4. The molecule has 0 aromatic rings. The Balaban J connectivity index is 4.72. The van der Waals surface area contributed by atoms with Crippen molar-refractivity contribution in [2.45, 2.75) is 26.8 Å². The Hall–Kier alpha value is -1.63. The SMILES string of the molecule is CCOC(=O)C(N)C(=O)N(CC(N)=O)CC(C)C. The standard InChI is InChI=1S/C11H21N3O4/c1-4-18-11(17)9(13)10(16)14(5-7(2)3)6-8(12)15/h7,9H,4-6,13H2,1-3H3,(H2,12,15). The van der Waals surface area contributed by atoms with Crippen LogP contribution in [-0.4, -0.2) is 48.4 Å². The minimum atomic E-state index is -1.41. The van der Waals surface area contributed by atoms with Gasteiger partial charge in [-0.15, -0.1) is 0 Å². The first-order valence-corrected chi connectivity index (χ1v) is 5.78. The van der Waals surface area contributed by atoms with Crippen LogP contribution in [0.2, 0.25) is 0 Å². The number of hydrogen-bond acceptors (Lipinski definition) is 5. The van der Waals surface area contributed by atoms with Crippen LogP contribution in [0.25, 0.3) is 0 Å². The lowest BCUT2D eigenvalue weighted by Gasteiger charge is -2.25. The second-order valence-corrected chi connectivity index (χ2v) is 4.31. The Kier molecular flexibility index (Phi) is 6.96. The molecule has 0 aliphatic carbocycles. The number of hydrogen-bond donors (Lipinski definition) is 2. The van der Waals surface area contributed by atoms with E-state index in [0.29, 0.717) is 6.54 Å². The van der Waals surface area contributed by atoms with Gasteiger partial charge in [0, 0.05) is 6.54 Å². The molecule has 0 aliphatic heterocycles. The molecule has 4 N–H and O–H groups in total. The van der Waals surface area contributed by atoms with E-state index in [9.17, 15) is 14.4 Å². The van der Waals surface area contributed by atoms with Gasteiger partial charge in [-0.1, -0.05) is 13.8 Å². The summed E-state index contributed by atoms with van der Waals surface area (Å²) in [6, 6.07) is -1.41. The number of rotatable bonds is 7. The summed E-state index contributed by atoms with van der Waals surface area (Å²) in [5.74, 6) is -1.98. The maximum atomic E-state index is 11.9. The number of nitrogens with zero attached hydrogens (tertiary/aromatic N) is 1. The summed E-state index contributed by atoms with van der Waals surface area (Å²) in [5, 5.41) is 0. The van der Waals surface area contributed by atoms with E-state index in [0.717, 1.165) is 0 Å². The Morgan fingerprint density at radius 2 is 1.83 bits per heavy atom. The van der Waals surface area contributed by atoms with Crippen LogP contribution in [0.1, 0.15) is 20.8 Å². The zero-order chi connectivity index (χ0) is 14.3. The predicted octanol–water partition coefficient (Wildman–Crippen LogP) is -1.15. The highest BCUT2D eigenvalue weighted by Crippen LogP contribution is 2.02. The average molecular weight is 259 g/mol. The molecule has 7 heteroatoms. The zero-order valence-electron chi connectivity index (χ0n) is 11.0. The normalized spacial score (nSPS) is 12.1. The van der Waals surface area contributed by atoms with Gasteiger partial charge in [0.15, 0.2) is 6.04 Å². The number of carbonyl (C=O) groups is 3. The maximum absolute atomic E-state index is 11.9. The predicted molar refractivity (Wildman–Crippen MR) is 65.2 cm³/mol. The Labute approximate surface area is 106 Å². The molecule has 0 radical (unpaired) electrons. The van der Waals surface area contributed by atoms with Gasteiger partial charge < -0.3 is 21.1 Å².